The highest BCUT2D eigenvalue weighted by atomic mass is 16.6. The van der Waals surface area contributed by atoms with Crippen LogP contribution in [-0.2, 0) is 9.59 Å². The lowest BCUT2D eigenvalue weighted by Gasteiger charge is -2.21. The number of carboxylic acids is 2. The first-order valence-corrected chi connectivity index (χ1v) is 5.89. The van der Waals surface area contributed by atoms with Gasteiger partial charge in [0.2, 0.25) is 5.91 Å². The normalized spacial score (nSPS) is 17.8. The fourth-order valence-corrected chi connectivity index (χ4v) is 2.23. The maximum Gasteiger partial charge on any atom is 0.335 e. The molecule has 21 heavy (non-hydrogen) atoms. The van der Waals surface area contributed by atoms with Crippen molar-refractivity contribution in [2.75, 3.05) is 4.90 Å². The van der Waals surface area contributed by atoms with E-state index < -0.39 is 34.5 Å². The van der Waals surface area contributed by atoms with Crippen LogP contribution in [-0.4, -0.2) is 39.0 Å². The molecule has 0 spiro atoms. The van der Waals surface area contributed by atoms with Gasteiger partial charge in [0, 0.05) is 12.5 Å². The number of nitro groups is 1. The van der Waals surface area contributed by atoms with Gasteiger partial charge in [-0.1, -0.05) is 0 Å². The Morgan fingerprint density at radius 2 is 2.00 bits per heavy atom. The molecule has 0 radical (unpaired) electrons. The third-order valence-corrected chi connectivity index (χ3v) is 3.18. The van der Waals surface area contributed by atoms with Crippen LogP contribution in [0.25, 0.3) is 0 Å². The van der Waals surface area contributed by atoms with Gasteiger partial charge < -0.3 is 10.2 Å². The predicted molar refractivity (Wildman–Crippen MR) is 68.2 cm³/mol. The highest BCUT2D eigenvalue weighted by molar-refractivity contribution is 6.04. The number of amides is 1. The van der Waals surface area contributed by atoms with Gasteiger partial charge in [-0.2, -0.15) is 0 Å². The topological polar surface area (TPSA) is 138 Å². The summed E-state index contributed by atoms with van der Waals surface area (Å²) < 4.78 is 0. The van der Waals surface area contributed by atoms with Crippen molar-refractivity contribution in [2.45, 2.75) is 18.9 Å². The molecule has 0 aromatic heterocycles. The molecule has 0 aliphatic carbocycles. The number of anilines is 1. The summed E-state index contributed by atoms with van der Waals surface area (Å²) in [6.07, 6.45) is 0.0147. The average molecular weight is 294 g/mol. The van der Waals surface area contributed by atoms with Crippen molar-refractivity contribution in [1.82, 2.24) is 0 Å². The van der Waals surface area contributed by atoms with Gasteiger partial charge in [-0.25, -0.2) is 9.59 Å². The van der Waals surface area contributed by atoms with Gasteiger partial charge in [0.05, 0.1) is 10.5 Å². The Hall–Kier alpha value is -2.97. The highest BCUT2D eigenvalue weighted by Gasteiger charge is 2.40. The van der Waals surface area contributed by atoms with E-state index in [9.17, 15) is 24.5 Å². The van der Waals surface area contributed by atoms with Crippen molar-refractivity contribution < 1.29 is 29.5 Å². The summed E-state index contributed by atoms with van der Waals surface area (Å²) >= 11 is 0. The molecule has 0 bridgehead atoms. The van der Waals surface area contributed by atoms with Gasteiger partial charge in [-0.05, 0) is 18.6 Å². The fourth-order valence-electron chi connectivity index (χ4n) is 2.23. The Kier molecular flexibility index (Phi) is 3.57. The second kappa shape index (κ2) is 5.19. The van der Waals surface area contributed by atoms with Crippen LogP contribution >= 0.6 is 0 Å². The van der Waals surface area contributed by atoms with Crippen molar-refractivity contribution in [3.05, 3.63) is 33.9 Å². The van der Waals surface area contributed by atoms with Gasteiger partial charge in [-0.3, -0.25) is 19.8 Å². The van der Waals surface area contributed by atoms with Gasteiger partial charge in [0.15, 0.2) is 0 Å². The number of rotatable bonds is 4. The molecule has 1 saturated heterocycles. The van der Waals surface area contributed by atoms with E-state index in [-0.39, 0.29) is 24.1 Å². The molecule has 1 aromatic carbocycles. The molecule has 2 N–H and O–H groups in total. The zero-order valence-corrected chi connectivity index (χ0v) is 10.6. The van der Waals surface area contributed by atoms with Crippen molar-refractivity contribution in [3.63, 3.8) is 0 Å². The van der Waals surface area contributed by atoms with Gasteiger partial charge >= 0.3 is 11.9 Å². The Balaban J connectivity index is 2.57. The molecule has 9 heteroatoms. The van der Waals surface area contributed by atoms with Gasteiger partial charge in [0.25, 0.3) is 5.69 Å². The molecule has 1 unspecified atom stereocenters. The van der Waals surface area contributed by atoms with E-state index in [0.717, 1.165) is 23.1 Å². The predicted octanol–water partition coefficient (Wildman–Crippen LogP) is 0.873. The van der Waals surface area contributed by atoms with E-state index in [4.69, 9.17) is 10.2 Å². The van der Waals surface area contributed by atoms with Crippen molar-refractivity contribution in [2.24, 2.45) is 0 Å². The lowest BCUT2D eigenvalue weighted by molar-refractivity contribution is -0.384. The lowest BCUT2D eigenvalue weighted by atomic mass is 10.1. The summed E-state index contributed by atoms with van der Waals surface area (Å²) in [5.74, 6) is -3.17. The molecule has 1 aromatic rings. The van der Waals surface area contributed by atoms with Crippen molar-refractivity contribution in [1.29, 1.82) is 0 Å². The summed E-state index contributed by atoms with van der Waals surface area (Å²) in [6, 6.07) is 1.80. The molecule has 1 heterocycles. The third-order valence-electron chi connectivity index (χ3n) is 3.18. The Labute approximate surface area is 117 Å². The monoisotopic (exact) mass is 294 g/mol. The number of benzene rings is 1. The Morgan fingerprint density at radius 3 is 2.52 bits per heavy atom. The molecule has 110 valence electrons. The molecule has 1 aliphatic heterocycles. The van der Waals surface area contributed by atoms with Crippen molar-refractivity contribution >= 4 is 29.2 Å². The summed E-state index contributed by atoms with van der Waals surface area (Å²) in [6.45, 7) is 0. The number of hydrogen-bond acceptors (Lipinski definition) is 5. The minimum Gasteiger partial charge on any atom is -0.480 e. The number of aromatic carboxylic acids is 1. The van der Waals surface area contributed by atoms with E-state index in [2.05, 4.69) is 0 Å². The molecule has 2 rings (SSSR count). The zero-order chi connectivity index (χ0) is 15.7. The highest BCUT2D eigenvalue weighted by Crippen LogP contribution is 2.35. The van der Waals surface area contributed by atoms with Gasteiger partial charge in [-0.15, -0.1) is 0 Å². The van der Waals surface area contributed by atoms with Crippen LogP contribution in [0.1, 0.15) is 23.2 Å². The first-order chi connectivity index (χ1) is 9.82. The molecule has 1 aliphatic rings. The second-order valence-corrected chi connectivity index (χ2v) is 4.42. The minimum atomic E-state index is -1.35. The van der Waals surface area contributed by atoms with Crippen LogP contribution in [0.3, 0.4) is 0 Å². The molecule has 0 saturated carbocycles. The fraction of sp³-hybridized carbons (Fsp3) is 0.250. The second-order valence-electron chi connectivity index (χ2n) is 4.42. The van der Waals surface area contributed by atoms with Crippen LogP contribution < -0.4 is 4.90 Å². The maximum absolute atomic E-state index is 11.8. The zero-order valence-electron chi connectivity index (χ0n) is 10.6. The number of nitro benzene ring substituents is 1. The lowest BCUT2D eigenvalue weighted by Crippen LogP contribution is -2.38. The van der Waals surface area contributed by atoms with Crippen LogP contribution in [0.5, 0.6) is 0 Å². The number of aliphatic carboxylic acids is 1. The van der Waals surface area contributed by atoms with Crippen molar-refractivity contribution in [3.8, 4) is 0 Å². The molecule has 1 fully saturated rings. The Morgan fingerprint density at radius 1 is 1.33 bits per heavy atom. The smallest absolute Gasteiger partial charge is 0.335 e. The summed E-state index contributed by atoms with van der Waals surface area (Å²) in [5, 5.41) is 29.0. The summed E-state index contributed by atoms with van der Waals surface area (Å²) in [4.78, 5) is 44.8. The minimum absolute atomic E-state index is 0.0329. The molecular formula is C12H10N2O7. The number of carbonyl (C=O) groups is 3. The summed E-state index contributed by atoms with van der Waals surface area (Å²) in [7, 11) is 0. The number of hydrogen-bond donors (Lipinski definition) is 2. The SMILES string of the molecule is O=C(O)c1ccc(N2C(=O)CCC2C(=O)O)c([N+](=O)[O-])c1. The Bertz CT molecular complexity index is 655. The molecular weight excluding hydrogens is 284 g/mol. The van der Waals surface area contributed by atoms with E-state index in [0.29, 0.717) is 0 Å². The maximum atomic E-state index is 11.8. The quantitative estimate of drug-likeness (QED) is 0.620. The first kappa shape index (κ1) is 14.4. The third kappa shape index (κ3) is 2.53. The van der Waals surface area contributed by atoms with Crippen LogP contribution in [0.2, 0.25) is 0 Å². The molecule has 9 nitrogen and oxygen atoms in total. The first-order valence-electron chi connectivity index (χ1n) is 5.89. The van der Waals surface area contributed by atoms with Crippen LogP contribution in [0.4, 0.5) is 11.4 Å². The van der Waals surface area contributed by atoms with Crippen LogP contribution in [0.15, 0.2) is 18.2 Å². The van der Waals surface area contributed by atoms with Crippen LogP contribution in [0, 0.1) is 10.1 Å². The van der Waals surface area contributed by atoms with E-state index in [1.54, 1.807) is 0 Å². The average Bonchev–Trinajstić information content (AvgIpc) is 2.79. The van der Waals surface area contributed by atoms with Gasteiger partial charge in [0.1, 0.15) is 11.7 Å². The number of carbonyl (C=O) groups excluding carboxylic acids is 1. The standard InChI is InChI=1S/C12H10N2O7/c15-10-4-3-8(12(18)19)13(10)7-2-1-6(11(16)17)5-9(7)14(20)21/h1-2,5,8H,3-4H2,(H,16,17)(H,18,19). The number of nitrogens with zero attached hydrogens (tertiary/aromatic N) is 2. The van der Waals surface area contributed by atoms with E-state index in [1.165, 1.54) is 0 Å². The van der Waals surface area contributed by atoms with E-state index >= 15 is 0 Å². The molecule has 1 atom stereocenters. The number of carboxylic acid groups (broad SMARTS) is 2. The van der Waals surface area contributed by atoms with E-state index in [1.807, 2.05) is 0 Å². The largest absolute Gasteiger partial charge is 0.480 e. The summed E-state index contributed by atoms with van der Waals surface area (Å²) in [5.41, 5.74) is -1.14. The molecule has 1 amide bonds.